The van der Waals surface area contributed by atoms with E-state index in [4.69, 9.17) is 4.98 Å². The van der Waals surface area contributed by atoms with Crippen LogP contribution < -0.4 is 5.32 Å². The van der Waals surface area contributed by atoms with Crippen LogP contribution in [0.15, 0.2) is 18.2 Å². The van der Waals surface area contributed by atoms with Crippen molar-refractivity contribution in [3.8, 4) is 0 Å². The highest BCUT2D eigenvalue weighted by Gasteiger charge is 2.20. The van der Waals surface area contributed by atoms with Gasteiger partial charge in [0.2, 0.25) is 0 Å². The lowest BCUT2D eigenvalue weighted by Crippen LogP contribution is -2.44. The number of H-pyrrole nitrogens is 1. The predicted octanol–water partition coefficient (Wildman–Crippen LogP) is 1.84. The number of aryl methyl sites for hydroxylation is 1. The van der Waals surface area contributed by atoms with Crippen LogP contribution in [0.4, 0.5) is 0 Å². The summed E-state index contributed by atoms with van der Waals surface area (Å²) in [5.74, 6) is 1.08. The molecule has 2 heterocycles. The van der Waals surface area contributed by atoms with Gasteiger partial charge in [0.1, 0.15) is 5.82 Å². The minimum Gasteiger partial charge on any atom is -0.341 e. The largest absolute Gasteiger partial charge is 0.341 e. The predicted molar refractivity (Wildman–Crippen MR) is 73.7 cm³/mol. The highest BCUT2D eigenvalue weighted by molar-refractivity contribution is 5.75. The van der Waals surface area contributed by atoms with Crippen LogP contribution in [0.25, 0.3) is 11.0 Å². The standard InChI is InChI=1S/C14H20N4/c1-10-3-4-12-13(9-10)17-14(16-12)11(2)18-7-5-15-6-8-18/h3-4,9,11,15H,5-8H2,1-2H3,(H,16,17). The molecule has 4 nitrogen and oxygen atoms in total. The minimum absolute atomic E-state index is 0.361. The molecule has 1 saturated heterocycles. The third-order valence-electron chi connectivity index (χ3n) is 3.75. The smallest absolute Gasteiger partial charge is 0.124 e. The maximum absolute atomic E-state index is 4.71. The molecule has 0 amide bonds. The Balaban J connectivity index is 1.88. The van der Waals surface area contributed by atoms with Gasteiger partial charge >= 0.3 is 0 Å². The molecule has 1 aliphatic rings. The summed E-state index contributed by atoms with van der Waals surface area (Å²) in [5.41, 5.74) is 3.48. The first-order valence-electron chi connectivity index (χ1n) is 6.65. The van der Waals surface area contributed by atoms with Crippen molar-refractivity contribution in [3.05, 3.63) is 29.6 Å². The first-order chi connectivity index (χ1) is 8.74. The third kappa shape index (κ3) is 2.13. The maximum atomic E-state index is 4.71. The molecule has 0 spiro atoms. The van der Waals surface area contributed by atoms with Gasteiger partial charge in [0.05, 0.1) is 17.1 Å². The number of rotatable bonds is 2. The first-order valence-corrected chi connectivity index (χ1v) is 6.65. The molecule has 4 heteroatoms. The summed E-state index contributed by atoms with van der Waals surface area (Å²) in [6, 6.07) is 6.73. The summed E-state index contributed by atoms with van der Waals surface area (Å²) in [4.78, 5) is 10.6. The number of aromatic amines is 1. The van der Waals surface area contributed by atoms with Crippen LogP contribution in [-0.4, -0.2) is 41.0 Å². The summed E-state index contributed by atoms with van der Waals surface area (Å²) < 4.78 is 0. The lowest BCUT2D eigenvalue weighted by atomic mass is 10.2. The second-order valence-electron chi connectivity index (χ2n) is 5.10. The molecule has 0 bridgehead atoms. The zero-order valence-corrected chi connectivity index (χ0v) is 11.0. The quantitative estimate of drug-likeness (QED) is 0.847. The van der Waals surface area contributed by atoms with Crippen molar-refractivity contribution in [3.63, 3.8) is 0 Å². The van der Waals surface area contributed by atoms with Crippen LogP contribution in [-0.2, 0) is 0 Å². The molecular formula is C14H20N4. The van der Waals surface area contributed by atoms with Crippen molar-refractivity contribution >= 4 is 11.0 Å². The molecule has 1 fully saturated rings. The summed E-state index contributed by atoms with van der Waals surface area (Å²) in [6.07, 6.45) is 0. The van der Waals surface area contributed by atoms with E-state index in [1.165, 1.54) is 5.56 Å². The molecule has 0 radical (unpaired) electrons. The van der Waals surface area contributed by atoms with Crippen LogP contribution in [0.2, 0.25) is 0 Å². The fourth-order valence-electron chi connectivity index (χ4n) is 2.58. The van der Waals surface area contributed by atoms with Crippen molar-refractivity contribution < 1.29 is 0 Å². The van der Waals surface area contributed by atoms with Gasteiger partial charge in [-0.05, 0) is 31.5 Å². The van der Waals surface area contributed by atoms with E-state index >= 15 is 0 Å². The number of aromatic nitrogens is 2. The van der Waals surface area contributed by atoms with E-state index in [1.54, 1.807) is 0 Å². The second-order valence-corrected chi connectivity index (χ2v) is 5.10. The number of benzene rings is 1. The number of nitrogens with zero attached hydrogens (tertiary/aromatic N) is 2. The van der Waals surface area contributed by atoms with E-state index in [0.29, 0.717) is 6.04 Å². The van der Waals surface area contributed by atoms with Crippen LogP contribution in [0, 0.1) is 6.92 Å². The molecule has 0 aliphatic carbocycles. The molecule has 3 rings (SSSR count). The number of nitrogens with one attached hydrogen (secondary N) is 2. The Kier molecular flexibility index (Phi) is 3.06. The Morgan fingerprint density at radius 3 is 2.83 bits per heavy atom. The number of hydrogen-bond acceptors (Lipinski definition) is 3. The molecule has 1 atom stereocenters. The van der Waals surface area contributed by atoms with Crippen molar-refractivity contribution in [2.45, 2.75) is 19.9 Å². The van der Waals surface area contributed by atoms with Gasteiger partial charge in [0, 0.05) is 26.2 Å². The topological polar surface area (TPSA) is 44.0 Å². The van der Waals surface area contributed by atoms with Crippen molar-refractivity contribution in [1.82, 2.24) is 20.2 Å². The average Bonchev–Trinajstić information content (AvgIpc) is 2.81. The van der Waals surface area contributed by atoms with E-state index in [2.05, 4.69) is 47.2 Å². The van der Waals surface area contributed by atoms with Gasteiger partial charge in [-0.25, -0.2) is 4.98 Å². The lowest BCUT2D eigenvalue weighted by Gasteiger charge is -2.31. The molecule has 1 unspecified atom stereocenters. The molecule has 2 aromatic rings. The van der Waals surface area contributed by atoms with E-state index in [0.717, 1.165) is 43.0 Å². The van der Waals surface area contributed by atoms with Crippen LogP contribution in [0.1, 0.15) is 24.4 Å². The SMILES string of the molecule is Cc1ccc2nc(C(C)N3CCNCC3)[nH]c2c1. The number of hydrogen-bond donors (Lipinski definition) is 2. The van der Waals surface area contributed by atoms with Gasteiger partial charge in [-0.15, -0.1) is 0 Å². The van der Waals surface area contributed by atoms with Gasteiger partial charge in [-0.1, -0.05) is 6.07 Å². The zero-order chi connectivity index (χ0) is 12.5. The first kappa shape index (κ1) is 11.7. The van der Waals surface area contributed by atoms with Gasteiger partial charge in [0.15, 0.2) is 0 Å². The average molecular weight is 244 g/mol. The fourth-order valence-corrected chi connectivity index (χ4v) is 2.58. The van der Waals surface area contributed by atoms with Crippen LogP contribution in [0.5, 0.6) is 0 Å². The van der Waals surface area contributed by atoms with E-state index < -0.39 is 0 Å². The summed E-state index contributed by atoms with van der Waals surface area (Å²) in [5, 5.41) is 3.38. The lowest BCUT2D eigenvalue weighted by molar-refractivity contribution is 0.180. The minimum atomic E-state index is 0.361. The highest BCUT2D eigenvalue weighted by Crippen LogP contribution is 2.21. The Hall–Kier alpha value is -1.39. The Bertz CT molecular complexity index is 540. The zero-order valence-electron chi connectivity index (χ0n) is 11.0. The van der Waals surface area contributed by atoms with Gasteiger partial charge in [0.25, 0.3) is 0 Å². The molecule has 96 valence electrons. The maximum Gasteiger partial charge on any atom is 0.124 e. The summed E-state index contributed by atoms with van der Waals surface area (Å²) >= 11 is 0. The Morgan fingerprint density at radius 2 is 2.06 bits per heavy atom. The Morgan fingerprint density at radius 1 is 1.28 bits per heavy atom. The van der Waals surface area contributed by atoms with Crippen LogP contribution >= 0.6 is 0 Å². The van der Waals surface area contributed by atoms with E-state index in [1.807, 2.05) is 0 Å². The van der Waals surface area contributed by atoms with E-state index in [-0.39, 0.29) is 0 Å². The highest BCUT2D eigenvalue weighted by atomic mass is 15.2. The van der Waals surface area contributed by atoms with Crippen molar-refractivity contribution in [2.24, 2.45) is 0 Å². The van der Waals surface area contributed by atoms with Gasteiger partial charge in [-0.3, -0.25) is 4.90 Å². The molecule has 1 aromatic heterocycles. The number of piperazine rings is 1. The van der Waals surface area contributed by atoms with Crippen molar-refractivity contribution in [2.75, 3.05) is 26.2 Å². The fraction of sp³-hybridized carbons (Fsp3) is 0.500. The van der Waals surface area contributed by atoms with Crippen LogP contribution in [0.3, 0.4) is 0 Å². The second kappa shape index (κ2) is 4.71. The summed E-state index contributed by atoms with van der Waals surface area (Å²) in [7, 11) is 0. The molecule has 2 N–H and O–H groups in total. The molecule has 0 saturated carbocycles. The van der Waals surface area contributed by atoms with E-state index in [9.17, 15) is 0 Å². The summed E-state index contributed by atoms with van der Waals surface area (Å²) in [6.45, 7) is 8.68. The third-order valence-corrected chi connectivity index (χ3v) is 3.75. The monoisotopic (exact) mass is 244 g/mol. The normalized spacial score (nSPS) is 19.2. The molecule has 18 heavy (non-hydrogen) atoms. The molecular weight excluding hydrogens is 224 g/mol. The molecule has 1 aliphatic heterocycles. The Labute approximate surface area is 107 Å². The molecule has 1 aromatic carbocycles. The van der Waals surface area contributed by atoms with Crippen molar-refractivity contribution in [1.29, 1.82) is 0 Å². The van der Waals surface area contributed by atoms with Gasteiger partial charge in [-0.2, -0.15) is 0 Å². The number of fused-ring (bicyclic) bond motifs is 1. The number of imidazole rings is 1. The van der Waals surface area contributed by atoms with Gasteiger partial charge < -0.3 is 10.3 Å².